The number of carbonyl (C=O) groups excluding carboxylic acids is 1. The van der Waals surface area contributed by atoms with Crippen molar-refractivity contribution in [3.8, 4) is 5.69 Å². The minimum absolute atomic E-state index is 0.00208. The molecule has 1 saturated heterocycles. The fraction of sp³-hybridized carbons (Fsp3) is 0.412. The van der Waals surface area contributed by atoms with Crippen molar-refractivity contribution in [2.45, 2.75) is 32.7 Å². The normalized spacial score (nSPS) is 21.2. The highest BCUT2D eigenvalue weighted by Gasteiger charge is 2.25. The lowest BCUT2D eigenvalue weighted by Gasteiger charge is -2.26. The first-order valence-corrected chi connectivity index (χ1v) is 7.90. The number of aryl methyl sites for hydroxylation is 1. The molecule has 1 aliphatic rings. The first kappa shape index (κ1) is 15.7. The van der Waals surface area contributed by atoms with Gasteiger partial charge in [0.2, 0.25) is 5.91 Å². The highest BCUT2D eigenvalue weighted by atomic mass is 19.1. The van der Waals surface area contributed by atoms with Gasteiger partial charge in [-0.1, -0.05) is 6.07 Å². The topological polar surface area (TPSA) is 59.0 Å². The predicted octanol–water partition coefficient (Wildman–Crippen LogP) is 2.65. The second kappa shape index (κ2) is 6.50. The van der Waals surface area contributed by atoms with Crippen LogP contribution < -0.4 is 10.6 Å². The molecule has 0 saturated carbocycles. The number of piperidine rings is 1. The number of hydrogen-bond donors (Lipinski definition) is 2. The summed E-state index contributed by atoms with van der Waals surface area (Å²) in [5, 5.41) is 10.6. The summed E-state index contributed by atoms with van der Waals surface area (Å²) in [6.45, 7) is 4.82. The van der Waals surface area contributed by atoms with Gasteiger partial charge in [-0.25, -0.2) is 9.07 Å². The van der Waals surface area contributed by atoms with Crippen LogP contribution in [0, 0.1) is 18.7 Å². The number of carbonyl (C=O) groups is 1. The van der Waals surface area contributed by atoms with Crippen molar-refractivity contribution in [2.75, 3.05) is 11.9 Å². The van der Waals surface area contributed by atoms with Gasteiger partial charge in [-0.2, -0.15) is 0 Å². The van der Waals surface area contributed by atoms with Crippen LogP contribution in [0.25, 0.3) is 5.69 Å². The quantitative estimate of drug-likeness (QED) is 0.915. The van der Waals surface area contributed by atoms with Crippen molar-refractivity contribution >= 4 is 11.7 Å². The van der Waals surface area contributed by atoms with Crippen LogP contribution in [-0.4, -0.2) is 28.3 Å². The zero-order valence-electron chi connectivity index (χ0n) is 13.3. The second-order valence-corrected chi connectivity index (χ2v) is 6.13. The van der Waals surface area contributed by atoms with Gasteiger partial charge < -0.3 is 10.6 Å². The summed E-state index contributed by atoms with van der Waals surface area (Å²) in [5.74, 6) is 0.197. The summed E-state index contributed by atoms with van der Waals surface area (Å²) in [6, 6.07) is 8.38. The lowest BCUT2D eigenvalue weighted by molar-refractivity contribution is -0.120. The summed E-state index contributed by atoms with van der Waals surface area (Å²) in [6.07, 6.45) is 1.66. The number of nitrogens with one attached hydrogen (secondary N) is 2. The van der Waals surface area contributed by atoms with Crippen LogP contribution in [0.1, 0.15) is 25.5 Å². The van der Waals surface area contributed by atoms with E-state index in [0.29, 0.717) is 17.5 Å². The Balaban J connectivity index is 1.74. The number of nitrogens with zero attached hydrogens (tertiary/aromatic N) is 2. The van der Waals surface area contributed by atoms with Gasteiger partial charge in [-0.05, 0) is 51.4 Å². The molecule has 3 rings (SSSR count). The lowest BCUT2D eigenvalue weighted by atomic mass is 9.92. The molecule has 0 spiro atoms. The molecule has 1 aromatic heterocycles. The highest BCUT2D eigenvalue weighted by Crippen LogP contribution is 2.20. The van der Waals surface area contributed by atoms with E-state index >= 15 is 0 Å². The number of rotatable bonds is 3. The van der Waals surface area contributed by atoms with Gasteiger partial charge in [0.1, 0.15) is 5.82 Å². The number of hydrogen-bond acceptors (Lipinski definition) is 3. The molecule has 2 atom stereocenters. The molecule has 2 heterocycles. The van der Waals surface area contributed by atoms with Crippen LogP contribution >= 0.6 is 0 Å². The SMILES string of the molecule is Cc1cc(NC(=O)[C@H]2CCN[C@@H](C)C2)nn1-c1cccc(F)c1. The number of anilines is 1. The Morgan fingerprint density at radius 1 is 1.43 bits per heavy atom. The minimum atomic E-state index is -0.313. The average molecular weight is 316 g/mol. The van der Waals surface area contributed by atoms with Crippen LogP contribution in [0.3, 0.4) is 0 Å². The van der Waals surface area contributed by atoms with E-state index in [4.69, 9.17) is 0 Å². The first-order chi connectivity index (χ1) is 11.0. The molecule has 6 heteroatoms. The van der Waals surface area contributed by atoms with Gasteiger partial charge in [-0.3, -0.25) is 4.79 Å². The van der Waals surface area contributed by atoms with Crippen molar-refractivity contribution in [1.82, 2.24) is 15.1 Å². The Morgan fingerprint density at radius 2 is 2.26 bits per heavy atom. The van der Waals surface area contributed by atoms with Gasteiger partial charge >= 0.3 is 0 Å². The predicted molar refractivity (Wildman–Crippen MR) is 87.1 cm³/mol. The molecule has 0 bridgehead atoms. The van der Waals surface area contributed by atoms with E-state index in [1.165, 1.54) is 12.1 Å². The van der Waals surface area contributed by atoms with Gasteiger partial charge in [0, 0.05) is 23.7 Å². The van der Waals surface area contributed by atoms with Crippen LogP contribution in [0.4, 0.5) is 10.2 Å². The molecular weight excluding hydrogens is 295 g/mol. The Bertz CT molecular complexity index is 712. The Morgan fingerprint density at radius 3 is 3.00 bits per heavy atom. The Kier molecular flexibility index (Phi) is 4.43. The molecule has 23 heavy (non-hydrogen) atoms. The monoisotopic (exact) mass is 316 g/mol. The second-order valence-electron chi connectivity index (χ2n) is 6.13. The summed E-state index contributed by atoms with van der Waals surface area (Å²) in [4.78, 5) is 12.4. The van der Waals surface area contributed by atoms with E-state index in [0.717, 1.165) is 25.1 Å². The number of amides is 1. The van der Waals surface area contributed by atoms with Crippen LogP contribution in [0.2, 0.25) is 0 Å². The molecule has 1 aromatic carbocycles. The van der Waals surface area contributed by atoms with E-state index in [9.17, 15) is 9.18 Å². The smallest absolute Gasteiger partial charge is 0.228 e. The van der Waals surface area contributed by atoms with Crippen LogP contribution in [0.5, 0.6) is 0 Å². The Hall–Kier alpha value is -2.21. The van der Waals surface area contributed by atoms with E-state index in [1.54, 1.807) is 22.9 Å². The summed E-state index contributed by atoms with van der Waals surface area (Å²) >= 11 is 0. The van der Waals surface area contributed by atoms with Crippen LogP contribution in [-0.2, 0) is 4.79 Å². The molecule has 0 radical (unpaired) electrons. The minimum Gasteiger partial charge on any atom is -0.314 e. The maximum Gasteiger partial charge on any atom is 0.228 e. The fourth-order valence-electron chi connectivity index (χ4n) is 3.00. The molecule has 122 valence electrons. The summed E-state index contributed by atoms with van der Waals surface area (Å²) < 4.78 is 15.0. The van der Waals surface area contributed by atoms with E-state index in [-0.39, 0.29) is 17.6 Å². The van der Waals surface area contributed by atoms with Gasteiger partial charge in [0.25, 0.3) is 0 Å². The maximum atomic E-state index is 13.4. The summed E-state index contributed by atoms with van der Waals surface area (Å²) in [7, 11) is 0. The van der Waals surface area contributed by atoms with Crippen molar-refractivity contribution in [3.05, 3.63) is 41.8 Å². The molecule has 5 nitrogen and oxygen atoms in total. The van der Waals surface area contributed by atoms with Crippen LogP contribution in [0.15, 0.2) is 30.3 Å². The number of benzene rings is 1. The average Bonchev–Trinajstić information content (AvgIpc) is 2.88. The van der Waals surface area contributed by atoms with E-state index < -0.39 is 0 Å². The van der Waals surface area contributed by atoms with Crippen molar-refractivity contribution in [3.63, 3.8) is 0 Å². The first-order valence-electron chi connectivity index (χ1n) is 7.90. The van der Waals surface area contributed by atoms with Crippen molar-refractivity contribution < 1.29 is 9.18 Å². The molecule has 0 aliphatic carbocycles. The molecule has 1 fully saturated rings. The molecule has 2 aromatic rings. The number of aromatic nitrogens is 2. The van der Waals surface area contributed by atoms with Crippen molar-refractivity contribution in [1.29, 1.82) is 0 Å². The van der Waals surface area contributed by atoms with Crippen molar-refractivity contribution in [2.24, 2.45) is 5.92 Å². The standard InChI is InChI=1S/C17H21FN4O/c1-11-8-13(6-7-19-11)17(23)20-16-9-12(2)22(21-16)15-5-3-4-14(18)10-15/h3-5,9-11,13,19H,6-8H2,1-2H3,(H,20,21,23)/t11-,13-/m0/s1. The molecule has 2 N–H and O–H groups in total. The zero-order valence-corrected chi connectivity index (χ0v) is 13.3. The molecular formula is C17H21FN4O. The van der Waals surface area contributed by atoms with Gasteiger partial charge in [0.15, 0.2) is 5.82 Å². The number of halogens is 1. The van der Waals surface area contributed by atoms with E-state index in [1.807, 2.05) is 6.92 Å². The molecule has 0 unspecified atom stereocenters. The van der Waals surface area contributed by atoms with Gasteiger partial charge in [-0.15, -0.1) is 5.10 Å². The van der Waals surface area contributed by atoms with Gasteiger partial charge in [0.05, 0.1) is 5.69 Å². The highest BCUT2D eigenvalue weighted by molar-refractivity contribution is 5.91. The third-order valence-electron chi connectivity index (χ3n) is 4.19. The largest absolute Gasteiger partial charge is 0.314 e. The lowest BCUT2D eigenvalue weighted by Crippen LogP contribution is -2.40. The Labute approximate surface area is 134 Å². The third kappa shape index (κ3) is 3.59. The molecule has 1 amide bonds. The zero-order chi connectivity index (χ0) is 16.4. The third-order valence-corrected chi connectivity index (χ3v) is 4.19. The fourth-order valence-corrected chi connectivity index (χ4v) is 3.00. The summed E-state index contributed by atoms with van der Waals surface area (Å²) in [5.41, 5.74) is 1.48. The van der Waals surface area contributed by atoms with E-state index in [2.05, 4.69) is 22.7 Å². The maximum absolute atomic E-state index is 13.4. The molecule has 1 aliphatic heterocycles.